The van der Waals surface area contributed by atoms with Crippen molar-refractivity contribution in [1.82, 2.24) is 24.0 Å². The number of fused-ring (bicyclic) bond motifs is 5. The van der Waals surface area contributed by atoms with E-state index in [0.29, 0.717) is 34.2 Å². The van der Waals surface area contributed by atoms with Gasteiger partial charge < -0.3 is 28.9 Å². The second kappa shape index (κ2) is 9.58. The quantitative estimate of drug-likeness (QED) is 0.268. The lowest BCUT2D eigenvalue weighted by atomic mass is 10.0. The maximum atomic E-state index is 13.7. The van der Waals surface area contributed by atoms with Crippen LogP contribution in [0.15, 0.2) is 63.8 Å². The molecule has 45 heavy (non-hydrogen) atoms. The number of amides is 1. The number of aryl methyl sites for hydroxylation is 1. The fourth-order valence-corrected chi connectivity index (χ4v) is 7.77. The van der Waals surface area contributed by atoms with Crippen LogP contribution in [0, 0.1) is 11.8 Å². The highest BCUT2D eigenvalue weighted by Crippen LogP contribution is 2.41. The Hall–Kier alpha value is -4.83. The van der Waals surface area contributed by atoms with Crippen molar-refractivity contribution >= 4 is 38.9 Å². The minimum atomic E-state index is -0.455. The van der Waals surface area contributed by atoms with Crippen LogP contribution in [0.5, 0.6) is 5.75 Å². The number of methoxy groups -OCH3 is 1. The van der Waals surface area contributed by atoms with Gasteiger partial charge in [0.2, 0.25) is 0 Å². The molecular weight excluding hydrogens is 568 g/mol. The van der Waals surface area contributed by atoms with E-state index < -0.39 is 5.76 Å². The van der Waals surface area contributed by atoms with E-state index in [1.54, 1.807) is 7.11 Å². The summed E-state index contributed by atoms with van der Waals surface area (Å²) < 4.78 is 15.5. The molecule has 2 aliphatic carbocycles. The van der Waals surface area contributed by atoms with Gasteiger partial charge in [-0.2, -0.15) is 0 Å². The molecule has 6 aromatic rings. The number of likely N-dealkylation sites (tertiary alicyclic amines) is 1. The second-order valence-electron chi connectivity index (χ2n) is 13.1. The minimum absolute atomic E-state index is 0.00175. The molecule has 3 aliphatic rings. The number of ether oxygens (including phenoxy) is 1. The first kappa shape index (κ1) is 26.6. The third kappa shape index (κ3) is 4.08. The van der Waals surface area contributed by atoms with E-state index in [0.717, 1.165) is 70.5 Å². The van der Waals surface area contributed by atoms with Gasteiger partial charge in [0, 0.05) is 48.7 Å². The van der Waals surface area contributed by atoms with Gasteiger partial charge in [-0.05, 0) is 85.0 Å². The van der Waals surface area contributed by atoms with Crippen LogP contribution < -0.4 is 16.2 Å². The number of piperidine rings is 1. The molecule has 3 atom stereocenters. The normalized spacial score (nSPS) is 21.1. The Morgan fingerprint density at radius 3 is 2.64 bits per heavy atom. The van der Waals surface area contributed by atoms with Gasteiger partial charge in [0.25, 0.3) is 5.91 Å². The Bertz CT molecular complexity index is 2230. The molecule has 228 valence electrons. The number of nitrogens with two attached hydrogens (primary N) is 1. The second-order valence-corrected chi connectivity index (χ2v) is 13.1. The van der Waals surface area contributed by atoms with Gasteiger partial charge >= 0.3 is 5.76 Å². The van der Waals surface area contributed by atoms with Gasteiger partial charge in [-0.1, -0.05) is 18.2 Å². The first-order valence-electron chi connectivity index (χ1n) is 15.7. The fraction of sp³-hybridized carbons (Fsp3) is 0.343. The van der Waals surface area contributed by atoms with Gasteiger partial charge in [-0.15, -0.1) is 0 Å². The Morgan fingerprint density at radius 1 is 1.07 bits per heavy atom. The van der Waals surface area contributed by atoms with Crippen molar-refractivity contribution in [3.05, 3.63) is 70.7 Å². The highest BCUT2D eigenvalue weighted by atomic mass is 16.5. The number of nitrogens with zero attached hydrogens (tertiary/aromatic N) is 4. The molecule has 1 saturated heterocycles. The summed E-state index contributed by atoms with van der Waals surface area (Å²) in [5.74, 6) is 2.02. The number of hydrogen-bond donors (Lipinski definition) is 2. The van der Waals surface area contributed by atoms with Crippen molar-refractivity contribution in [2.24, 2.45) is 24.6 Å². The number of carbonyl (C=O) groups is 1. The highest BCUT2D eigenvalue weighted by Gasteiger charge is 2.47. The lowest BCUT2D eigenvalue weighted by molar-refractivity contribution is 0.0700. The predicted octanol–water partition coefficient (Wildman–Crippen LogP) is 5.28. The molecule has 3 aromatic heterocycles. The summed E-state index contributed by atoms with van der Waals surface area (Å²) in [6.07, 6.45) is 4.49. The summed E-state index contributed by atoms with van der Waals surface area (Å²) in [5, 5.41) is 1.13. The Morgan fingerprint density at radius 2 is 1.89 bits per heavy atom. The number of carbonyl (C=O) groups excluding carboxylic acids is 1. The number of imidazole rings is 1. The topological polar surface area (TPSA) is 124 Å². The molecule has 0 spiro atoms. The van der Waals surface area contributed by atoms with Crippen molar-refractivity contribution in [2.75, 3.05) is 13.7 Å². The van der Waals surface area contributed by atoms with Crippen LogP contribution in [0.2, 0.25) is 0 Å². The molecule has 2 unspecified atom stereocenters. The number of hydrogen-bond acceptors (Lipinski definition) is 6. The molecule has 3 fully saturated rings. The SMILES string of the molecule is COc1cc(C(=O)N2CC3CCC2[C@@H]3N)cc2nc(-c3cc4ccc(-c5ccc6oc(=O)[nH]c6c5)cc4n3CC3CC3)n(C)c12. The van der Waals surface area contributed by atoms with Crippen LogP contribution in [-0.4, -0.2) is 55.6 Å². The first-order chi connectivity index (χ1) is 21.9. The van der Waals surface area contributed by atoms with Gasteiger partial charge in [-0.3, -0.25) is 9.78 Å². The standard InChI is InChI=1S/C35H34N6O4/c1-39-32-25(12-23(15-30(32)44-2)34(42)41-17-22-7-9-26(41)31(22)36)37-33(39)28-14-21-6-5-20(13-27(21)40(28)16-18-3-4-18)19-8-10-29-24(11-19)38-35(43)45-29/h5-6,8,10-15,18,22,26,31H,3-4,7,9,16-17,36H2,1-2H3,(H,38,43)/t22?,26?,31-/m1/s1. The molecule has 2 saturated carbocycles. The lowest BCUT2D eigenvalue weighted by Gasteiger charge is -2.27. The van der Waals surface area contributed by atoms with Crippen LogP contribution in [0.3, 0.4) is 0 Å². The van der Waals surface area contributed by atoms with Crippen molar-refractivity contribution in [3.8, 4) is 28.4 Å². The van der Waals surface area contributed by atoms with Gasteiger partial charge in [-0.25, -0.2) is 9.78 Å². The van der Waals surface area contributed by atoms with E-state index in [9.17, 15) is 9.59 Å². The Balaban J connectivity index is 1.16. The molecule has 1 aliphatic heterocycles. The van der Waals surface area contributed by atoms with Gasteiger partial charge in [0.1, 0.15) is 11.3 Å². The summed E-state index contributed by atoms with van der Waals surface area (Å²) in [4.78, 5) is 35.3. The van der Waals surface area contributed by atoms with Crippen molar-refractivity contribution in [2.45, 2.75) is 44.3 Å². The Kier molecular flexibility index (Phi) is 5.66. The van der Waals surface area contributed by atoms with Crippen LogP contribution in [0.25, 0.3) is 55.7 Å². The van der Waals surface area contributed by atoms with Gasteiger partial charge in [0.05, 0.1) is 23.8 Å². The Labute approximate surface area is 258 Å². The monoisotopic (exact) mass is 602 g/mol. The molecule has 2 bridgehead atoms. The molecule has 10 nitrogen and oxygen atoms in total. The summed E-state index contributed by atoms with van der Waals surface area (Å²) >= 11 is 0. The summed E-state index contributed by atoms with van der Waals surface area (Å²) in [5.41, 5.74) is 14.0. The average Bonchev–Trinajstić information content (AvgIpc) is 3.26. The van der Waals surface area contributed by atoms with Crippen molar-refractivity contribution < 1.29 is 13.9 Å². The van der Waals surface area contributed by atoms with E-state index in [2.05, 4.69) is 38.4 Å². The van der Waals surface area contributed by atoms with E-state index in [-0.39, 0.29) is 18.0 Å². The zero-order valence-corrected chi connectivity index (χ0v) is 25.2. The zero-order chi connectivity index (χ0) is 30.6. The molecular formula is C35H34N6O4. The maximum absolute atomic E-state index is 13.7. The van der Waals surface area contributed by atoms with Crippen LogP contribution in [-0.2, 0) is 13.6 Å². The molecule has 1 amide bonds. The average molecular weight is 603 g/mol. The van der Waals surface area contributed by atoms with Crippen molar-refractivity contribution in [3.63, 3.8) is 0 Å². The number of aromatic nitrogens is 4. The molecule has 3 aromatic carbocycles. The third-order valence-electron chi connectivity index (χ3n) is 10.3. The summed E-state index contributed by atoms with van der Waals surface area (Å²) in [6, 6.07) is 18.4. The number of H-pyrrole nitrogens is 1. The van der Waals surface area contributed by atoms with E-state index in [1.807, 2.05) is 42.3 Å². The molecule has 4 heterocycles. The number of rotatable bonds is 6. The highest BCUT2D eigenvalue weighted by molar-refractivity contribution is 6.01. The fourth-order valence-electron chi connectivity index (χ4n) is 7.77. The molecule has 3 N–H and O–H groups in total. The van der Waals surface area contributed by atoms with Crippen LogP contribution >= 0.6 is 0 Å². The van der Waals surface area contributed by atoms with Crippen LogP contribution in [0.1, 0.15) is 36.0 Å². The number of nitrogens with one attached hydrogen (secondary N) is 1. The molecule has 10 heteroatoms. The van der Waals surface area contributed by atoms with E-state index in [4.69, 9.17) is 19.9 Å². The number of aromatic amines is 1. The van der Waals surface area contributed by atoms with Crippen LogP contribution in [0.4, 0.5) is 0 Å². The maximum Gasteiger partial charge on any atom is 0.417 e. The van der Waals surface area contributed by atoms with E-state index >= 15 is 0 Å². The zero-order valence-electron chi connectivity index (χ0n) is 25.2. The van der Waals surface area contributed by atoms with E-state index in [1.165, 1.54) is 12.8 Å². The molecule has 0 radical (unpaired) electrons. The molecule has 9 rings (SSSR count). The smallest absolute Gasteiger partial charge is 0.417 e. The van der Waals surface area contributed by atoms with Crippen molar-refractivity contribution in [1.29, 1.82) is 0 Å². The predicted molar refractivity (Wildman–Crippen MR) is 172 cm³/mol. The summed E-state index contributed by atoms with van der Waals surface area (Å²) in [7, 11) is 3.66. The minimum Gasteiger partial charge on any atom is -0.494 e. The lowest BCUT2D eigenvalue weighted by Crippen LogP contribution is -2.41. The largest absolute Gasteiger partial charge is 0.494 e. The summed E-state index contributed by atoms with van der Waals surface area (Å²) in [6.45, 7) is 1.62. The third-order valence-corrected chi connectivity index (χ3v) is 10.3. The number of oxazole rings is 1. The first-order valence-corrected chi connectivity index (χ1v) is 15.7. The number of benzene rings is 3. The van der Waals surface area contributed by atoms with Gasteiger partial charge in [0.15, 0.2) is 11.4 Å².